The van der Waals surface area contributed by atoms with Gasteiger partial charge in [-0.1, -0.05) is 41.4 Å². The number of imide groups is 2. The Bertz CT molecular complexity index is 2070. The van der Waals surface area contributed by atoms with Gasteiger partial charge in [0.25, 0.3) is 0 Å². The number of para-hydroxylation sites is 1. The number of aliphatic hydroxyl groups excluding tert-OH is 1. The van der Waals surface area contributed by atoms with Gasteiger partial charge in [0.15, 0.2) is 0 Å². The van der Waals surface area contributed by atoms with Crippen LogP contribution in [0, 0.1) is 34.9 Å². The van der Waals surface area contributed by atoms with Gasteiger partial charge in [-0.05, 0) is 68.1 Å². The van der Waals surface area contributed by atoms with Crippen LogP contribution >= 0.6 is 11.6 Å². The average Bonchev–Trinajstić information content (AvgIpc) is 3.47. The molecule has 53 heavy (non-hydrogen) atoms. The molecule has 0 bridgehead atoms. The number of rotatable bonds is 6. The van der Waals surface area contributed by atoms with Crippen molar-refractivity contribution in [3.8, 4) is 5.75 Å². The van der Waals surface area contributed by atoms with E-state index in [1.54, 1.807) is 37.3 Å². The molecule has 6 atom stereocenters. The standard InChI is InChI=1S/C37H28ClF7N2O6/c1-35-25(32(50)47(34(35)52)19-6-9-27(39)26(38)15-19)16-24-21(30(35)22-4-2-3-5-28(22)53-11-10-48)7-8-23-29(24)33(51)46(31(23)49)20-13-17(36(40,41)42)12-18(14-20)37(43,44)45/h2-7,9,12-15,23-25,29-30,48H,8,10-11,16H2,1H3. The Kier molecular flexibility index (Phi) is 8.76. The van der Waals surface area contributed by atoms with Gasteiger partial charge in [0.1, 0.15) is 18.2 Å². The Morgan fingerprint density at radius 1 is 0.849 bits per heavy atom. The minimum atomic E-state index is -5.24. The number of carbonyl (C=O) groups excluding carboxylic acids is 4. The molecule has 4 amide bonds. The number of anilines is 2. The van der Waals surface area contributed by atoms with E-state index in [2.05, 4.69) is 0 Å². The zero-order valence-corrected chi connectivity index (χ0v) is 28.2. The van der Waals surface area contributed by atoms with E-state index in [0.29, 0.717) is 28.2 Å². The predicted molar refractivity (Wildman–Crippen MR) is 174 cm³/mol. The van der Waals surface area contributed by atoms with E-state index < -0.39 is 93.6 Å². The Labute approximate surface area is 301 Å². The quantitative estimate of drug-likeness (QED) is 0.160. The predicted octanol–water partition coefficient (Wildman–Crippen LogP) is 7.32. The lowest BCUT2D eigenvalue weighted by Crippen LogP contribution is -2.49. The first-order valence-electron chi connectivity index (χ1n) is 16.4. The van der Waals surface area contributed by atoms with Crippen molar-refractivity contribution in [2.45, 2.75) is 38.0 Å². The van der Waals surface area contributed by atoms with Gasteiger partial charge in [-0.3, -0.25) is 19.2 Å². The van der Waals surface area contributed by atoms with Crippen LogP contribution in [0.3, 0.4) is 0 Å². The van der Waals surface area contributed by atoms with Crippen molar-refractivity contribution in [1.82, 2.24) is 0 Å². The maximum Gasteiger partial charge on any atom is 0.416 e. The number of fused-ring (bicyclic) bond motifs is 4. The number of hydrogen-bond donors (Lipinski definition) is 1. The zero-order valence-electron chi connectivity index (χ0n) is 27.5. The van der Waals surface area contributed by atoms with Gasteiger partial charge in [-0.2, -0.15) is 26.3 Å². The Balaban J connectivity index is 1.37. The van der Waals surface area contributed by atoms with E-state index in [1.807, 2.05) is 0 Å². The highest BCUT2D eigenvalue weighted by Gasteiger charge is 2.68. The number of aliphatic hydroxyl groups is 1. The van der Waals surface area contributed by atoms with E-state index in [-0.39, 0.29) is 48.6 Å². The molecule has 2 aliphatic carbocycles. The lowest BCUT2D eigenvalue weighted by molar-refractivity contribution is -0.143. The van der Waals surface area contributed by atoms with Gasteiger partial charge in [0.2, 0.25) is 23.6 Å². The first-order valence-corrected chi connectivity index (χ1v) is 16.8. The first kappa shape index (κ1) is 36.6. The number of halogens is 8. The minimum Gasteiger partial charge on any atom is -0.491 e. The molecule has 7 rings (SSSR count). The van der Waals surface area contributed by atoms with Crippen molar-refractivity contribution in [3.63, 3.8) is 0 Å². The Hall–Kier alpha value is -4.76. The summed E-state index contributed by atoms with van der Waals surface area (Å²) in [5.74, 6) is -9.72. The molecule has 4 aliphatic rings. The number of hydrogen-bond acceptors (Lipinski definition) is 6. The highest BCUT2D eigenvalue weighted by Crippen LogP contribution is 2.64. The van der Waals surface area contributed by atoms with Crippen LogP contribution in [0.15, 0.2) is 72.3 Å². The second-order valence-corrected chi connectivity index (χ2v) is 14.1. The third kappa shape index (κ3) is 5.70. The number of nitrogens with zero attached hydrogens (tertiary/aromatic N) is 2. The third-order valence-corrected chi connectivity index (χ3v) is 11.1. The van der Waals surface area contributed by atoms with Crippen molar-refractivity contribution < 1.29 is 59.8 Å². The molecule has 3 fully saturated rings. The molecule has 2 heterocycles. The van der Waals surface area contributed by atoms with Crippen LogP contribution in [-0.4, -0.2) is 41.9 Å². The van der Waals surface area contributed by atoms with Crippen LogP contribution in [0.5, 0.6) is 5.75 Å². The summed E-state index contributed by atoms with van der Waals surface area (Å²) in [4.78, 5) is 58.4. The normalized spacial score (nSPS) is 27.1. The fourth-order valence-electron chi connectivity index (χ4n) is 8.56. The maximum absolute atomic E-state index is 14.6. The largest absolute Gasteiger partial charge is 0.491 e. The topological polar surface area (TPSA) is 104 Å². The molecule has 0 radical (unpaired) electrons. The third-order valence-electron chi connectivity index (χ3n) is 10.8. The summed E-state index contributed by atoms with van der Waals surface area (Å²) in [5.41, 5.74) is -5.08. The summed E-state index contributed by atoms with van der Waals surface area (Å²) in [7, 11) is 0. The van der Waals surface area contributed by atoms with E-state index in [0.717, 1.165) is 17.0 Å². The monoisotopic (exact) mass is 764 g/mol. The number of allylic oxidation sites excluding steroid dienone is 2. The van der Waals surface area contributed by atoms with Crippen molar-refractivity contribution in [3.05, 3.63) is 99.8 Å². The van der Waals surface area contributed by atoms with Crippen LogP contribution in [-0.2, 0) is 31.5 Å². The molecule has 0 aromatic heterocycles. The van der Waals surface area contributed by atoms with Crippen LogP contribution in [0.2, 0.25) is 5.02 Å². The number of carbonyl (C=O) groups is 4. The summed E-state index contributed by atoms with van der Waals surface area (Å²) < 4.78 is 103. The summed E-state index contributed by atoms with van der Waals surface area (Å²) in [6.07, 6.45) is -9.20. The summed E-state index contributed by atoms with van der Waals surface area (Å²) >= 11 is 6.02. The molecule has 2 saturated heterocycles. The highest BCUT2D eigenvalue weighted by atomic mass is 35.5. The smallest absolute Gasteiger partial charge is 0.416 e. The van der Waals surface area contributed by atoms with Crippen LogP contribution < -0.4 is 14.5 Å². The molecule has 16 heteroatoms. The van der Waals surface area contributed by atoms with Crippen molar-refractivity contribution in [2.75, 3.05) is 23.0 Å². The molecule has 0 spiro atoms. The number of alkyl halides is 6. The van der Waals surface area contributed by atoms with E-state index >= 15 is 0 Å². The molecular formula is C37H28ClF7N2O6. The molecule has 1 saturated carbocycles. The Morgan fingerprint density at radius 3 is 2.13 bits per heavy atom. The van der Waals surface area contributed by atoms with Gasteiger partial charge >= 0.3 is 12.4 Å². The number of ether oxygens (including phenoxy) is 1. The fraction of sp³-hybridized carbons (Fsp3) is 0.351. The molecule has 1 N–H and O–H groups in total. The molecule has 6 unspecified atom stereocenters. The van der Waals surface area contributed by atoms with Crippen LogP contribution in [0.4, 0.5) is 42.1 Å². The van der Waals surface area contributed by atoms with Gasteiger partial charge < -0.3 is 9.84 Å². The van der Waals surface area contributed by atoms with E-state index in [9.17, 15) is 55.0 Å². The highest BCUT2D eigenvalue weighted by molar-refractivity contribution is 6.32. The summed E-state index contributed by atoms with van der Waals surface area (Å²) in [6, 6.07) is 10.3. The van der Waals surface area contributed by atoms with E-state index in [4.69, 9.17) is 16.3 Å². The van der Waals surface area contributed by atoms with Gasteiger partial charge in [-0.15, -0.1) is 0 Å². The summed E-state index contributed by atoms with van der Waals surface area (Å²) in [5, 5.41) is 9.16. The average molecular weight is 765 g/mol. The van der Waals surface area contributed by atoms with E-state index in [1.165, 1.54) is 6.07 Å². The van der Waals surface area contributed by atoms with Gasteiger partial charge in [0.05, 0.1) is 57.3 Å². The van der Waals surface area contributed by atoms with Crippen molar-refractivity contribution in [2.24, 2.45) is 29.1 Å². The zero-order chi connectivity index (χ0) is 38.4. The number of amides is 4. The van der Waals surface area contributed by atoms with Crippen molar-refractivity contribution >= 4 is 46.6 Å². The molecule has 2 aliphatic heterocycles. The van der Waals surface area contributed by atoms with Crippen LogP contribution in [0.1, 0.15) is 42.4 Å². The minimum absolute atomic E-state index is 0.0243. The fourth-order valence-corrected chi connectivity index (χ4v) is 8.73. The molecular weight excluding hydrogens is 737 g/mol. The maximum atomic E-state index is 14.6. The first-order chi connectivity index (χ1) is 24.9. The number of benzene rings is 3. The lowest BCUT2D eigenvalue weighted by Gasteiger charge is -2.49. The van der Waals surface area contributed by atoms with Gasteiger partial charge in [0, 0.05) is 11.5 Å². The molecule has 278 valence electrons. The lowest BCUT2D eigenvalue weighted by atomic mass is 9.51. The Morgan fingerprint density at radius 2 is 1.51 bits per heavy atom. The summed E-state index contributed by atoms with van der Waals surface area (Å²) in [6.45, 7) is 1.04. The molecule has 3 aromatic rings. The van der Waals surface area contributed by atoms with Crippen LogP contribution in [0.25, 0.3) is 0 Å². The van der Waals surface area contributed by atoms with Crippen molar-refractivity contribution in [1.29, 1.82) is 0 Å². The molecule has 3 aromatic carbocycles. The SMILES string of the molecule is CC12C(=O)N(c3ccc(F)c(Cl)c3)C(=O)C1CC1C(=CCC3C(=O)N(c4cc(C(F)(F)F)cc(C(F)(F)F)c4)C(=O)C31)C2c1ccccc1OCCO. The molecule has 8 nitrogen and oxygen atoms in total. The second-order valence-electron chi connectivity index (χ2n) is 13.6. The second kappa shape index (κ2) is 12.7. The van der Waals surface area contributed by atoms with Gasteiger partial charge in [-0.25, -0.2) is 14.2 Å².